The minimum Gasteiger partial charge on any atom is -0.358 e. The van der Waals surface area contributed by atoms with Gasteiger partial charge in [-0.05, 0) is 44.0 Å². The van der Waals surface area contributed by atoms with Crippen molar-refractivity contribution in [1.82, 2.24) is 19.2 Å². The van der Waals surface area contributed by atoms with E-state index in [0.29, 0.717) is 39.0 Å². The zero-order valence-corrected chi connectivity index (χ0v) is 18.4. The van der Waals surface area contributed by atoms with Gasteiger partial charge >= 0.3 is 0 Å². The first kappa shape index (κ1) is 20.2. The predicted octanol–water partition coefficient (Wildman–Crippen LogP) is 2.86. The summed E-state index contributed by atoms with van der Waals surface area (Å²) in [5, 5.41) is 1.20. The molecule has 5 rings (SSSR count). The number of piperidine rings is 1. The second-order valence-electron chi connectivity index (χ2n) is 8.51. The predicted molar refractivity (Wildman–Crippen MR) is 118 cm³/mol. The number of nitrogens with zero attached hydrogens (tertiary/aromatic N) is 3. The van der Waals surface area contributed by atoms with Crippen molar-refractivity contribution in [3.63, 3.8) is 0 Å². The van der Waals surface area contributed by atoms with Crippen molar-refractivity contribution >= 4 is 26.8 Å². The summed E-state index contributed by atoms with van der Waals surface area (Å²) >= 11 is 0. The Kier molecular flexibility index (Phi) is 5.06. The number of rotatable bonds is 3. The Morgan fingerprint density at radius 2 is 1.97 bits per heavy atom. The molecule has 1 N–H and O–H groups in total. The normalized spacial score (nSPS) is 18.3. The summed E-state index contributed by atoms with van der Waals surface area (Å²) in [6.07, 6.45) is 4.86. The molecule has 1 amide bonds. The summed E-state index contributed by atoms with van der Waals surface area (Å²) in [6, 6.07) is 9.57. The van der Waals surface area contributed by atoms with Gasteiger partial charge in [0.15, 0.2) is 0 Å². The largest absolute Gasteiger partial charge is 0.358 e. The maximum absolute atomic E-state index is 13.3. The number of hydrogen-bond acceptors (Lipinski definition) is 4. The number of aromatic nitrogens is 2. The van der Waals surface area contributed by atoms with Crippen LogP contribution in [0.4, 0.5) is 0 Å². The molecule has 2 aliphatic rings. The van der Waals surface area contributed by atoms with Crippen LogP contribution in [-0.2, 0) is 27.8 Å². The average Bonchev–Trinajstić information content (AvgIpc) is 3.16. The van der Waals surface area contributed by atoms with Gasteiger partial charge in [-0.2, -0.15) is 4.31 Å². The third-order valence-electron chi connectivity index (χ3n) is 6.52. The van der Waals surface area contributed by atoms with Gasteiger partial charge in [0.2, 0.25) is 15.9 Å². The molecule has 1 fully saturated rings. The number of carbonyl (C=O) groups is 1. The van der Waals surface area contributed by atoms with Crippen molar-refractivity contribution in [2.45, 2.75) is 37.6 Å². The molecule has 0 aliphatic carbocycles. The number of carbonyl (C=O) groups excluding carboxylic acids is 1. The lowest BCUT2D eigenvalue weighted by atomic mass is 9.95. The Bertz CT molecular complexity index is 1230. The molecular formula is C23H26N4O3S. The molecule has 1 saturated heterocycles. The van der Waals surface area contributed by atoms with E-state index in [1.54, 1.807) is 18.3 Å². The fourth-order valence-electron chi connectivity index (χ4n) is 4.77. The zero-order chi connectivity index (χ0) is 21.6. The van der Waals surface area contributed by atoms with Gasteiger partial charge < -0.3 is 9.88 Å². The molecule has 162 valence electrons. The molecule has 0 spiro atoms. The second-order valence-corrected chi connectivity index (χ2v) is 10.4. The molecule has 31 heavy (non-hydrogen) atoms. The van der Waals surface area contributed by atoms with Crippen LogP contribution >= 0.6 is 0 Å². The second kappa shape index (κ2) is 7.76. The summed E-state index contributed by atoms with van der Waals surface area (Å²) in [6.45, 7) is 4.12. The number of benzene rings is 1. The van der Waals surface area contributed by atoms with Gasteiger partial charge in [-0.15, -0.1) is 0 Å². The van der Waals surface area contributed by atoms with Crippen LogP contribution in [0, 0.1) is 12.8 Å². The molecule has 0 radical (unpaired) electrons. The van der Waals surface area contributed by atoms with Gasteiger partial charge in [-0.3, -0.25) is 9.78 Å². The summed E-state index contributed by atoms with van der Waals surface area (Å²) in [4.78, 5) is 22.8. The van der Waals surface area contributed by atoms with Crippen molar-refractivity contribution in [2.24, 2.45) is 5.92 Å². The number of fused-ring (bicyclic) bond motifs is 3. The van der Waals surface area contributed by atoms with E-state index >= 15 is 0 Å². The topological polar surface area (TPSA) is 86.4 Å². The fourth-order valence-corrected chi connectivity index (χ4v) is 6.20. The highest BCUT2D eigenvalue weighted by atomic mass is 32.2. The van der Waals surface area contributed by atoms with Crippen LogP contribution in [0.2, 0.25) is 0 Å². The smallest absolute Gasteiger partial charge is 0.244 e. The third-order valence-corrected chi connectivity index (χ3v) is 8.40. The summed E-state index contributed by atoms with van der Waals surface area (Å²) < 4.78 is 27.1. The van der Waals surface area contributed by atoms with E-state index in [4.69, 9.17) is 0 Å². The maximum atomic E-state index is 13.3. The van der Waals surface area contributed by atoms with E-state index in [1.165, 1.54) is 32.7 Å². The summed E-state index contributed by atoms with van der Waals surface area (Å²) in [7, 11) is -3.56. The first-order chi connectivity index (χ1) is 14.9. The van der Waals surface area contributed by atoms with E-state index in [9.17, 15) is 13.2 Å². The molecule has 3 aromatic rings. The minimum absolute atomic E-state index is 0.131. The lowest BCUT2D eigenvalue weighted by Crippen LogP contribution is -2.45. The first-order valence-electron chi connectivity index (χ1n) is 10.7. The highest BCUT2D eigenvalue weighted by Gasteiger charge is 2.35. The highest BCUT2D eigenvalue weighted by Crippen LogP contribution is 2.31. The molecule has 0 unspecified atom stereocenters. The molecule has 2 aliphatic heterocycles. The number of aromatic amines is 1. The van der Waals surface area contributed by atoms with E-state index in [0.717, 1.165) is 11.9 Å². The number of hydrogen-bond donors (Lipinski definition) is 1. The number of pyridine rings is 1. The Balaban J connectivity index is 1.27. The monoisotopic (exact) mass is 438 g/mol. The number of nitrogens with one attached hydrogen (secondary N) is 1. The van der Waals surface area contributed by atoms with Crippen LogP contribution in [0.15, 0.2) is 47.6 Å². The minimum atomic E-state index is -3.56. The van der Waals surface area contributed by atoms with Gasteiger partial charge in [0, 0.05) is 73.1 Å². The number of aryl methyl sites for hydroxylation is 1. The van der Waals surface area contributed by atoms with Crippen molar-refractivity contribution in [2.75, 3.05) is 19.6 Å². The van der Waals surface area contributed by atoms with Crippen molar-refractivity contribution in [3.05, 3.63) is 59.5 Å². The van der Waals surface area contributed by atoms with Crippen molar-refractivity contribution in [3.8, 4) is 0 Å². The standard InChI is InChI=1S/C23H26N4O3S/c1-16-4-5-21-19(13-16)20-15-26(10-8-22(20)25-21)23(28)17-6-11-27(12-7-17)31(29,30)18-3-2-9-24-14-18/h2-5,9,13-14,17,25H,6-8,10-12,15H2,1H3. The quantitative estimate of drug-likeness (QED) is 0.681. The van der Waals surface area contributed by atoms with Gasteiger partial charge in [0.25, 0.3) is 0 Å². The molecule has 1 aromatic carbocycles. The molecule has 0 saturated carbocycles. The lowest BCUT2D eigenvalue weighted by molar-refractivity contribution is -0.137. The van der Waals surface area contributed by atoms with E-state index in [-0.39, 0.29) is 16.7 Å². The Hall–Kier alpha value is -2.71. The number of H-pyrrole nitrogens is 1. The average molecular weight is 439 g/mol. The Labute approximate surface area is 182 Å². The van der Waals surface area contributed by atoms with Gasteiger partial charge in [-0.25, -0.2) is 8.42 Å². The molecule has 7 nitrogen and oxygen atoms in total. The van der Waals surface area contributed by atoms with Gasteiger partial charge in [0.1, 0.15) is 4.90 Å². The van der Waals surface area contributed by atoms with Crippen LogP contribution in [-0.4, -0.2) is 53.1 Å². The van der Waals surface area contributed by atoms with E-state index < -0.39 is 10.0 Å². The Morgan fingerprint density at radius 1 is 1.16 bits per heavy atom. The SMILES string of the molecule is Cc1ccc2[nH]c3c(c2c1)CN(C(=O)C1CCN(S(=O)(=O)c2cccnc2)CC1)CC3. The molecular weight excluding hydrogens is 412 g/mol. The molecule has 2 aromatic heterocycles. The molecule has 0 bridgehead atoms. The van der Waals surface area contributed by atoms with Crippen molar-refractivity contribution < 1.29 is 13.2 Å². The first-order valence-corrected chi connectivity index (χ1v) is 12.2. The molecule has 4 heterocycles. The van der Waals surface area contributed by atoms with Gasteiger partial charge in [-0.1, -0.05) is 11.6 Å². The van der Waals surface area contributed by atoms with Crippen LogP contribution in [0.3, 0.4) is 0 Å². The summed E-state index contributed by atoms with van der Waals surface area (Å²) in [5.74, 6) is 0.0138. The van der Waals surface area contributed by atoms with Crippen molar-refractivity contribution in [1.29, 1.82) is 0 Å². The van der Waals surface area contributed by atoms with Crippen LogP contribution in [0.25, 0.3) is 10.9 Å². The number of amides is 1. The Morgan fingerprint density at radius 3 is 2.71 bits per heavy atom. The van der Waals surface area contributed by atoms with Gasteiger partial charge in [0.05, 0.1) is 0 Å². The lowest BCUT2D eigenvalue weighted by Gasteiger charge is -2.35. The van der Waals surface area contributed by atoms with Crippen LogP contribution in [0.1, 0.15) is 29.7 Å². The van der Waals surface area contributed by atoms with E-state index in [1.807, 2.05) is 4.90 Å². The maximum Gasteiger partial charge on any atom is 0.244 e. The number of sulfonamides is 1. The summed E-state index contributed by atoms with van der Waals surface area (Å²) in [5.41, 5.74) is 4.77. The third kappa shape index (κ3) is 3.64. The fraction of sp³-hybridized carbons (Fsp3) is 0.391. The van der Waals surface area contributed by atoms with E-state index in [2.05, 4.69) is 35.1 Å². The highest BCUT2D eigenvalue weighted by molar-refractivity contribution is 7.89. The van der Waals surface area contributed by atoms with Crippen LogP contribution in [0.5, 0.6) is 0 Å². The molecule has 0 atom stereocenters. The zero-order valence-electron chi connectivity index (χ0n) is 17.5. The van der Waals surface area contributed by atoms with Crippen LogP contribution < -0.4 is 0 Å². The molecule has 8 heteroatoms.